The van der Waals surface area contributed by atoms with Crippen LogP contribution in [0.25, 0.3) is 0 Å². The lowest BCUT2D eigenvalue weighted by Crippen LogP contribution is -2.34. The summed E-state index contributed by atoms with van der Waals surface area (Å²) < 4.78 is 8.81. The number of rotatable bonds is 3. The van der Waals surface area contributed by atoms with Crippen LogP contribution in [-0.2, 0) is 28.7 Å². The van der Waals surface area contributed by atoms with Crippen LogP contribution in [0.3, 0.4) is 0 Å². The standard InChI is InChI=1S/C10H13NO6/c1-16-9(14)4-8(13)11-5-6(3-7(11)12)10(15)17-2/h6H,3-5H2,1-2H3. The highest BCUT2D eigenvalue weighted by Gasteiger charge is 2.38. The molecule has 0 aromatic carbocycles. The molecule has 1 saturated heterocycles. The molecule has 94 valence electrons. The fourth-order valence-electron chi connectivity index (χ4n) is 1.56. The lowest BCUT2D eigenvalue weighted by molar-refractivity contribution is -0.149. The predicted molar refractivity (Wildman–Crippen MR) is 53.5 cm³/mol. The normalized spacial score (nSPS) is 19.1. The van der Waals surface area contributed by atoms with Gasteiger partial charge in [0.05, 0.1) is 20.1 Å². The first kappa shape index (κ1) is 13.1. The number of carbonyl (C=O) groups is 4. The first-order valence-electron chi connectivity index (χ1n) is 4.97. The fourth-order valence-corrected chi connectivity index (χ4v) is 1.56. The Hall–Kier alpha value is -1.92. The van der Waals surface area contributed by atoms with Gasteiger partial charge in [-0.25, -0.2) is 0 Å². The van der Waals surface area contributed by atoms with E-state index in [4.69, 9.17) is 0 Å². The van der Waals surface area contributed by atoms with Crippen molar-refractivity contribution in [1.29, 1.82) is 0 Å². The fraction of sp³-hybridized carbons (Fsp3) is 0.600. The van der Waals surface area contributed by atoms with Crippen molar-refractivity contribution in [3.63, 3.8) is 0 Å². The summed E-state index contributed by atoms with van der Waals surface area (Å²) in [5.41, 5.74) is 0. The molecule has 1 unspecified atom stereocenters. The van der Waals surface area contributed by atoms with Crippen LogP contribution in [0.2, 0.25) is 0 Å². The summed E-state index contributed by atoms with van der Waals surface area (Å²) in [4.78, 5) is 46.0. The van der Waals surface area contributed by atoms with Gasteiger partial charge in [0.15, 0.2) is 0 Å². The number of amides is 2. The van der Waals surface area contributed by atoms with Crippen molar-refractivity contribution in [2.45, 2.75) is 12.8 Å². The van der Waals surface area contributed by atoms with E-state index in [9.17, 15) is 19.2 Å². The first-order valence-corrected chi connectivity index (χ1v) is 4.97. The minimum atomic E-state index is -0.718. The van der Waals surface area contributed by atoms with Crippen molar-refractivity contribution in [3.05, 3.63) is 0 Å². The van der Waals surface area contributed by atoms with Gasteiger partial charge in [-0.1, -0.05) is 0 Å². The van der Waals surface area contributed by atoms with Crippen LogP contribution in [0.5, 0.6) is 0 Å². The Morgan fingerprint density at radius 1 is 1.29 bits per heavy atom. The topological polar surface area (TPSA) is 90.0 Å². The second-order valence-electron chi connectivity index (χ2n) is 3.58. The van der Waals surface area contributed by atoms with E-state index in [-0.39, 0.29) is 13.0 Å². The Morgan fingerprint density at radius 2 is 1.94 bits per heavy atom. The molecule has 0 aliphatic carbocycles. The van der Waals surface area contributed by atoms with Gasteiger partial charge in [-0.2, -0.15) is 0 Å². The Morgan fingerprint density at radius 3 is 2.47 bits per heavy atom. The van der Waals surface area contributed by atoms with Gasteiger partial charge in [-0.05, 0) is 0 Å². The molecule has 0 radical (unpaired) electrons. The molecule has 0 aromatic rings. The van der Waals surface area contributed by atoms with Crippen LogP contribution in [0.15, 0.2) is 0 Å². The maximum atomic E-state index is 11.5. The average Bonchev–Trinajstić information content (AvgIpc) is 2.70. The monoisotopic (exact) mass is 243 g/mol. The summed E-state index contributed by atoms with van der Waals surface area (Å²) in [7, 11) is 2.37. The summed E-state index contributed by atoms with van der Waals surface area (Å²) in [5.74, 6) is -3.03. The smallest absolute Gasteiger partial charge is 0.315 e. The van der Waals surface area contributed by atoms with Crippen molar-refractivity contribution in [1.82, 2.24) is 4.90 Å². The van der Waals surface area contributed by atoms with E-state index in [1.807, 2.05) is 0 Å². The molecule has 1 atom stereocenters. The third kappa shape index (κ3) is 3.02. The van der Waals surface area contributed by atoms with E-state index >= 15 is 0 Å². The van der Waals surface area contributed by atoms with Crippen LogP contribution >= 0.6 is 0 Å². The van der Waals surface area contributed by atoms with E-state index in [1.54, 1.807) is 0 Å². The molecule has 0 aromatic heterocycles. The highest BCUT2D eigenvalue weighted by molar-refractivity contribution is 6.04. The lowest BCUT2D eigenvalue weighted by atomic mass is 10.1. The molecule has 7 heteroatoms. The van der Waals surface area contributed by atoms with Gasteiger partial charge in [0.2, 0.25) is 11.8 Å². The molecular formula is C10H13NO6. The molecule has 0 N–H and O–H groups in total. The van der Waals surface area contributed by atoms with Crippen LogP contribution in [0, 0.1) is 5.92 Å². The zero-order valence-corrected chi connectivity index (χ0v) is 9.60. The molecule has 2 amide bonds. The number of carbonyl (C=O) groups excluding carboxylic acids is 4. The Kier molecular flexibility index (Phi) is 4.19. The van der Waals surface area contributed by atoms with Gasteiger partial charge in [0, 0.05) is 13.0 Å². The lowest BCUT2D eigenvalue weighted by Gasteiger charge is -2.13. The largest absolute Gasteiger partial charge is 0.469 e. The van der Waals surface area contributed by atoms with Crippen LogP contribution in [-0.4, -0.2) is 49.4 Å². The number of hydrogen-bond acceptors (Lipinski definition) is 6. The van der Waals surface area contributed by atoms with Crippen molar-refractivity contribution in [2.24, 2.45) is 5.92 Å². The van der Waals surface area contributed by atoms with Crippen molar-refractivity contribution >= 4 is 23.8 Å². The second-order valence-corrected chi connectivity index (χ2v) is 3.58. The van der Waals surface area contributed by atoms with E-state index in [0.717, 1.165) is 12.0 Å². The third-order valence-electron chi connectivity index (χ3n) is 2.48. The quantitative estimate of drug-likeness (QED) is 0.471. The zero-order valence-electron chi connectivity index (χ0n) is 9.60. The summed E-state index contributed by atoms with van der Waals surface area (Å²) in [6.45, 7) is -0.0403. The van der Waals surface area contributed by atoms with Gasteiger partial charge >= 0.3 is 11.9 Å². The molecule has 0 spiro atoms. The van der Waals surface area contributed by atoms with Gasteiger partial charge in [0.25, 0.3) is 0 Å². The molecule has 0 bridgehead atoms. The summed E-state index contributed by atoms with van der Waals surface area (Å²) in [6, 6.07) is 0. The molecule has 1 rings (SSSR count). The molecular weight excluding hydrogens is 230 g/mol. The highest BCUT2D eigenvalue weighted by atomic mass is 16.5. The van der Waals surface area contributed by atoms with E-state index in [2.05, 4.69) is 9.47 Å². The van der Waals surface area contributed by atoms with Crippen molar-refractivity contribution in [2.75, 3.05) is 20.8 Å². The minimum Gasteiger partial charge on any atom is -0.469 e. The number of imide groups is 1. The number of ether oxygens (including phenoxy) is 2. The van der Waals surface area contributed by atoms with Crippen LogP contribution < -0.4 is 0 Å². The summed E-state index contributed by atoms with van der Waals surface area (Å²) >= 11 is 0. The molecule has 17 heavy (non-hydrogen) atoms. The molecule has 1 aliphatic heterocycles. The first-order chi connectivity index (χ1) is 7.99. The van der Waals surface area contributed by atoms with Crippen molar-refractivity contribution < 1.29 is 28.7 Å². The van der Waals surface area contributed by atoms with Crippen LogP contribution in [0.4, 0.5) is 0 Å². The Balaban J connectivity index is 2.61. The Labute approximate surface area is 97.7 Å². The summed E-state index contributed by atoms with van der Waals surface area (Å²) in [6.07, 6.45) is -0.574. The van der Waals surface area contributed by atoms with Gasteiger partial charge in [-0.3, -0.25) is 24.1 Å². The highest BCUT2D eigenvalue weighted by Crippen LogP contribution is 2.19. The van der Waals surface area contributed by atoms with E-state index in [1.165, 1.54) is 7.11 Å². The van der Waals surface area contributed by atoms with Crippen LogP contribution in [0.1, 0.15) is 12.8 Å². The maximum absolute atomic E-state index is 11.5. The second kappa shape index (κ2) is 5.42. The van der Waals surface area contributed by atoms with Gasteiger partial charge in [0.1, 0.15) is 6.42 Å². The SMILES string of the molecule is COC(=O)CC(=O)N1CC(C(=O)OC)CC1=O. The molecule has 1 heterocycles. The van der Waals surface area contributed by atoms with Gasteiger partial charge < -0.3 is 9.47 Å². The number of esters is 2. The Bertz CT molecular complexity index is 364. The number of nitrogens with zero attached hydrogens (tertiary/aromatic N) is 1. The number of hydrogen-bond donors (Lipinski definition) is 0. The van der Waals surface area contributed by atoms with E-state index < -0.39 is 36.1 Å². The van der Waals surface area contributed by atoms with Gasteiger partial charge in [-0.15, -0.1) is 0 Å². The predicted octanol–water partition coefficient (Wildman–Crippen LogP) is -0.902. The average molecular weight is 243 g/mol. The molecule has 1 fully saturated rings. The number of likely N-dealkylation sites (tertiary alicyclic amines) is 1. The third-order valence-corrected chi connectivity index (χ3v) is 2.48. The number of methoxy groups -OCH3 is 2. The zero-order chi connectivity index (χ0) is 13.0. The molecule has 1 aliphatic rings. The minimum absolute atomic E-state index is 0.0403. The van der Waals surface area contributed by atoms with Crippen molar-refractivity contribution in [3.8, 4) is 0 Å². The van der Waals surface area contributed by atoms with E-state index in [0.29, 0.717) is 0 Å². The molecule has 7 nitrogen and oxygen atoms in total. The maximum Gasteiger partial charge on any atom is 0.315 e. The molecule has 0 saturated carbocycles. The summed E-state index contributed by atoms with van der Waals surface area (Å²) in [5, 5.41) is 0.